The maximum absolute atomic E-state index is 12.6. The van der Waals surface area contributed by atoms with E-state index in [1.807, 2.05) is 6.26 Å². The zero-order valence-corrected chi connectivity index (χ0v) is 26.8. The minimum absolute atomic E-state index is 0.285. The van der Waals surface area contributed by atoms with E-state index in [2.05, 4.69) is 51.3 Å². The standard InChI is InChI=1S/C30H56N2O4S2/c1-22(2)11-8-12-23(3)13-9-14-24(4)15-10-16-25(5)17-20-38-21-28(30(35)36)32-29(34)27(18-19-37-7)31-26(6)33/h17,22-24,27-28H,8-16,18-21H2,1-7H3,(H,31,33)(H,32,34)(H,35,36)/b25-17+. The van der Waals surface area contributed by atoms with Gasteiger partial charge in [-0.2, -0.15) is 23.5 Å². The maximum Gasteiger partial charge on any atom is 0.327 e. The van der Waals surface area contributed by atoms with Gasteiger partial charge in [0.15, 0.2) is 0 Å². The highest BCUT2D eigenvalue weighted by Gasteiger charge is 2.25. The van der Waals surface area contributed by atoms with Crippen LogP contribution >= 0.6 is 23.5 Å². The number of carboxylic acid groups (broad SMARTS) is 1. The van der Waals surface area contributed by atoms with Gasteiger partial charge in [0.1, 0.15) is 12.1 Å². The molecule has 3 N–H and O–H groups in total. The molecule has 0 aromatic carbocycles. The number of allylic oxidation sites excluding steroid dienone is 1. The molecule has 222 valence electrons. The third kappa shape index (κ3) is 20.8. The van der Waals surface area contributed by atoms with Crippen molar-refractivity contribution < 1.29 is 19.5 Å². The van der Waals surface area contributed by atoms with E-state index in [4.69, 9.17) is 0 Å². The summed E-state index contributed by atoms with van der Waals surface area (Å²) >= 11 is 3.08. The van der Waals surface area contributed by atoms with Crippen LogP contribution in [0.1, 0.15) is 106 Å². The highest BCUT2D eigenvalue weighted by atomic mass is 32.2. The SMILES string of the molecule is CSCCC(NC(C)=O)C(=O)NC(CSC/C=C(\C)CCCC(C)CCCC(C)CCCC(C)C)C(=O)O. The topological polar surface area (TPSA) is 95.5 Å². The predicted octanol–water partition coefficient (Wildman–Crippen LogP) is 6.93. The van der Waals surface area contributed by atoms with Gasteiger partial charge in [0.25, 0.3) is 0 Å². The zero-order valence-electron chi connectivity index (χ0n) is 25.1. The maximum atomic E-state index is 12.6. The number of rotatable bonds is 23. The summed E-state index contributed by atoms with van der Waals surface area (Å²) in [5.74, 6) is 2.33. The Morgan fingerprint density at radius 2 is 1.39 bits per heavy atom. The van der Waals surface area contributed by atoms with E-state index in [0.717, 1.165) is 29.9 Å². The molecular formula is C30H56N2O4S2. The highest BCUT2D eigenvalue weighted by Crippen LogP contribution is 2.22. The Balaban J connectivity index is 4.26. The summed E-state index contributed by atoms with van der Waals surface area (Å²) in [5.41, 5.74) is 1.34. The van der Waals surface area contributed by atoms with E-state index in [1.165, 1.54) is 75.6 Å². The summed E-state index contributed by atoms with van der Waals surface area (Å²) in [6, 6.07) is -1.69. The lowest BCUT2D eigenvalue weighted by molar-refractivity contribution is -0.141. The molecular weight excluding hydrogens is 516 g/mol. The van der Waals surface area contributed by atoms with Crippen molar-refractivity contribution in [2.24, 2.45) is 17.8 Å². The van der Waals surface area contributed by atoms with E-state index in [-0.39, 0.29) is 11.7 Å². The Bertz CT molecular complexity index is 700. The first-order valence-corrected chi connectivity index (χ1v) is 17.0. The Morgan fingerprint density at radius 1 is 0.816 bits per heavy atom. The third-order valence-corrected chi connectivity index (χ3v) is 8.51. The van der Waals surface area contributed by atoms with Crippen LogP contribution in [0.3, 0.4) is 0 Å². The van der Waals surface area contributed by atoms with Gasteiger partial charge in [-0.05, 0) is 55.9 Å². The molecule has 0 fully saturated rings. The van der Waals surface area contributed by atoms with Crippen LogP contribution in [0, 0.1) is 17.8 Å². The molecule has 38 heavy (non-hydrogen) atoms. The monoisotopic (exact) mass is 572 g/mol. The fraction of sp³-hybridized carbons (Fsp3) is 0.833. The fourth-order valence-electron chi connectivity index (χ4n) is 4.39. The number of carboxylic acids is 1. The molecule has 0 aliphatic rings. The molecule has 4 atom stereocenters. The summed E-state index contributed by atoms with van der Waals surface area (Å²) in [4.78, 5) is 35.7. The summed E-state index contributed by atoms with van der Waals surface area (Å²) in [7, 11) is 0. The lowest BCUT2D eigenvalue weighted by Crippen LogP contribution is -2.52. The van der Waals surface area contributed by atoms with Crippen molar-refractivity contribution in [1.82, 2.24) is 10.6 Å². The highest BCUT2D eigenvalue weighted by molar-refractivity contribution is 7.99. The molecule has 0 aliphatic heterocycles. The molecule has 0 saturated heterocycles. The average Bonchev–Trinajstić information content (AvgIpc) is 2.82. The van der Waals surface area contributed by atoms with Gasteiger partial charge in [0.05, 0.1) is 0 Å². The summed E-state index contributed by atoms with van der Waals surface area (Å²) < 4.78 is 0. The lowest BCUT2D eigenvalue weighted by Gasteiger charge is -2.20. The molecule has 0 bridgehead atoms. The van der Waals surface area contributed by atoms with Crippen LogP contribution in [0.4, 0.5) is 0 Å². The molecule has 2 amide bonds. The smallest absolute Gasteiger partial charge is 0.327 e. The van der Waals surface area contributed by atoms with Gasteiger partial charge in [-0.15, -0.1) is 0 Å². The van der Waals surface area contributed by atoms with Gasteiger partial charge in [-0.3, -0.25) is 9.59 Å². The molecule has 0 rings (SSSR count). The molecule has 0 radical (unpaired) electrons. The molecule has 0 aromatic rings. The summed E-state index contributed by atoms with van der Waals surface area (Å²) in [5, 5.41) is 14.8. The number of carbonyl (C=O) groups is 3. The van der Waals surface area contributed by atoms with Crippen LogP contribution in [0.2, 0.25) is 0 Å². The van der Waals surface area contributed by atoms with Crippen molar-refractivity contribution in [2.45, 2.75) is 118 Å². The van der Waals surface area contributed by atoms with Gasteiger partial charge < -0.3 is 15.7 Å². The van der Waals surface area contributed by atoms with E-state index >= 15 is 0 Å². The van der Waals surface area contributed by atoms with Gasteiger partial charge in [0, 0.05) is 18.4 Å². The van der Waals surface area contributed by atoms with Crippen molar-refractivity contribution in [3.05, 3.63) is 11.6 Å². The number of nitrogens with one attached hydrogen (secondary N) is 2. The number of thioether (sulfide) groups is 2. The van der Waals surface area contributed by atoms with Crippen LogP contribution in [0.5, 0.6) is 0 Å². The van der Waals surface area contributed by atoms with Gasteiger partial charge in [0.2, 0.25) is 11.8 Å². The van der Waals surface area contributed by atoms with Crippen molar-refractivity contribution in [3.8, 4) is 0 Å². The minimum Gasteiger partial charge on any atom is -0.480 e. The number of hydrogen-bond donors (Lipinski definition) is 3. The zero-order chi connectivity index (χ0) is 28.9. The number of carbonyl (C=O) groups excluding carboxylic acids is 2. The molecule has 6 nitrogen and oxygen atoms in total. The largest absolute Gasteiger partial charge is 0.480 e. The van der Waals surface area contributed by atoms with Gasteiger partial charge in [-0.1, -0.05) is 84.3 Å². The first kappa shape index (κ1) is 36.8. The molecule has 0 aromatic heterocycles. The number of hydrogen-bond acceptors (Lipinski definition) is 5. The van der Waals surface area contributed by atoms with Crippen molar-refractivity contribution in [2.75, 3.05) is 23.5 Å². The van der Waals surface area contributed by atoms with E-state index in [9.17, 15) is 19.5 Å². The minimum atomic E-state index is -1.06. The Morgan fingerprint density at radius 3 is 1.92 bits per heavy atom. The van der Waals surface area contributed by atoms with E-state index < -0.39 is 24.0 Å². The Kier molecular flexibility index (Phi) is 22.0. The Labute approximate surface area is 241 Å². The van der Waals surface area contributed by atoms with Crippen LogP contribution in [-0.4, -0.2) is 58.5 Å². The first-order valence-electron chi connectivity index (χ1n) is 14.5. The summed E-state index contributed by atoms with van der Waals surface area (Å²) in [6.07, 6.45) is 16.1. The summed E-state index contributed by atoms with van der Waals surface area (Å²) in [6.45, 7) is 12.9. The fourth-order valence-corrected chi connectivity index (χ4v) is 5.86. The van der Waals surface area contributed by atoms with E-state index in [1.54, 1.807) is 11.8 Å². The third-order valence-electron chi connectivity index (χ3n) is 6.89. The average molecular weight is 573 g/mol. The number of aliphatic carboxylic acids is 1. The molecule has 0 spiro atoms. The second kappa shape index (κ2) is 22.6. The molecule has 0 aliphatic carbocycles. The van der Waals surface area contributed by atoms with Crippen LogP contribution < -0.4 is 10.6 Å². The quantitative estimate of drug-likeness (QED) is 0.0907. The van der Waals surface area contributed by atoms with Crippen molar-refractivity contribution in [1.29, 1.82) is 0 Å². The molecule has 0 saturated carbocycles. The predicted molar refractivity (Wildman–Crippen MR) is 166 cm³/mol. The molecule has 4 unspecified atom stereocenters. The van der Waals surface area contributed by atoms with Gasteiger partial charge in [-0.25, -0.2) is 4.79 Å². The van der Waals surface area contributed by atoms with E-state index in [0.29, 0.717) is 12.2 Å². The Hall–Kier alpha value is -1.15. The van der Waals surface area contributed by atoms with Crippen molar-refractivity contribution >= 4 is 41.3 Å². The lowest BCUT2D eigenvalue weighted by atomic mass is 9.91. The molecule has 0 heterocycles. The first-order chi connectivity index (χ1) is 18.0. The van der Waals surface area contributed by atoms with Crippen molar-refractivity contribution in [3.63, 3.8) is 0 Å². The second-order valence-corrected chi connectivity index (χ2v) is 13.4. The van der Waals surface area contributed by atoms with Crippen LogP contribution in [-0.2, 0) is 14.4 Å². The van der Waals surface area contributed by atoms with Gasteiger partial charge >= 0.3 is 5.97 Å². The van der Waals surface area contributed by atoms with Crippen LogP contribution in [0.25, 0.3) is 0 Å². The molecule has 8 heteroatoms. The second-order valence-electron chi connectivity index (χ2n) is 11.4. The number of amides is 2. The van der Waals surface area contributed by atoms with Crippen LogP contribution in [0.15, 0.2) is 11.6 Å². The normalized spacial score (nSPS) is 15.1.